The maximum absolute atomic E-state index is 6.09. The summed E-state index contributed by atoms with van der Waals surface area (Å²) in [5, 5.41) is 4.47. The molecular formula is C17H28ClN. The number of benzene rings is 1. The fourth-order valence-corrected chi connectivity index (χ4v) is 2.73. The highest BCUT2D eigenvalue weighted by molar-refractivity contribution is 6.30. The minimum atomic E-state index is 0.347. The lowest BCUT2D eigenvalue weighted by molar-refractivity contribution is 0.243. The van der Waals surface area contributed by atoms with E-state index in [9.17, 15) is 0 Å². The third kappa shape index (κ3) is 5.54. The summed E-state index contributed by atoms with van der Waals surface area (Å²) in [5.41, 5.74) is 1.70. The van der Waals surface area contributed by atoms with Crippen molar-refractivity contribution in [3.63, 3.8) is 0 Å². The van der Waals surface area contributed by atoms with Gasteiger partial charge in [-0.2, -0.15) is 0 Å². The van der Waals surface area contributed by atoms with Crippen molar-refractivity contribution in [1.82, 2.24) is 5.32 Å². The van der Waals surface area contributed by atoms with Gasteiger partial charge in [0.05, 0.1) is 0 Å². The smallest absolute Gasteiger partial charge is 0.0408 e. The van der Waals surface area contributed by atoms with Crippen molar-refractivity contribution in [2.75, 3.05) is 13.1 Å². The Hall–Kier alpha value is -0.530. The molecule has 0 saturated carbocycles. The highest BCUT2D eigenvalue weighted by atomic mass is 35.5. The summed E-state index contributed by atoms with van der Waals surface area (Å²) in [7, 11) is 0. The van der Waals surface area contributed by atoms with Gasteiger partial charge in [-0.1, -0.05) is 51.4 Å². The number of hydrogen-bond donors (Lipinski definition) is 1. The number of halogens is 1. The van der Waals surface area contributed by atoms with Crippen molar-refractivity contribution in [2.24, 2.45) is 11.3 Å². The minimum Gasteiger partial charge on any atom is -0.316 e. The third-order valence-corrected chi connectivity index (χ3v) is 4.26. The van der Waals surface area contributed by atoms with Gasteiger partial charge in [-0.15, -0.1) is 0 Å². The van der Waals surface area contributed by atoms with Crippen molar-refractivity contribution in [3.8, 4) is 0 Å². The molecule has 0 aliphatic carbocycles. The molecule has 2 heteroatoms. The van der Waals surface area contributed by atoms with Crippen molar-refractivity contribution in [3.05, 3.63) is 34.9 Å². The largest absolute Gasteiger partial charge is 0.316 e. The summed E-state index contributed by atoms with van der Waals surface area (Å²) in [4.78, 5) is 0. The summed E-state index contributed by atoms with van der Waals surface area (Å²) < 4.78 is 0. The molecule has 0 aromatic heterocycles. The lowest BCUT2D eigenvalue weighted by atomic mass is 9.77. The van der Waals surface area contributed by atoms with Crippen LogP contribution in [0.25, 0.3) is 0 Å². The van der Waals surface area contributed by atoms with Crippen LogP contribution in [0.3, 0.4) is 0 Å². The van der Waals surface area contributed by atoms with Gasteiger partial charge in [0.1, 0.15) is 0 Å². The van der Waals surface area contributed by atoms with E-state index in [1.54, 1.807) is 0 Å². The first-order valence-corrected chi connectivity index (χ1v) is 7.84. The lowest BCUT2D eigenvalue weighted by Gasteiger charge is -2.33. The van der Waals surface area contributed by atoms with Crippen LogP contribution in [-0.4, -0.2) is 13.1 Å². The molecule has 1 aromatic rings. The van der Waals surface area contributed by atoms with E-state index in [-0.39, 0.29) is 0 Å². The second kappa shape index (κ2) is 7.91. The molecular weight excluding hydrogens is 254 g/mol. The molecule has 0 aliphatic rings. The zero-order chi connectivity index (χ0) is 14.3. The Balaban J connectivity index is 2.69. The Morgan fingerprint density at radius 1 is 1.21 bits per heavy atom. The summed E-state index contributed by atoms with van der Waals surface area (Å²) in [6.07, 6.45) is 3.49. The van der Waals surface area contributed by atoms with E-state index < -0.39 is 0 Å². The standard InChI is InChI=1S/C17H28ClN/c1-5-17(6-2,13-19-12-14(3)4)11-15-8-7-9-16(18)10-15/h7-10,14,19H,5-6,11-13H2,1-4H3. The molecule has 0 amide bonds. The first kappa shape index (κ1) is 16.5. The Labute approximate surface area is 123 Å². The molecule has 108 valence electrons. The molecule has 0 saturated heterocycles. The van der Waals surface area contributed by atoms with E-state index in [1.807, 2.05) is 6.07 Å². The van der Waals surface area contributed by atoms with Gasteiger partial charge >= 0.3 is 0 Å². The van der Waals surface area contributed by atoms with Crippen molar-refractivity contribution in [1.29, 1.82) is 0 Å². The molecule has 1 aromatic carbocycles. The van der Waals surface area contributed by atoms with Crippen LogP contribution >= 0.6 is 11.6 Å². The topological polar surface area (TPSA) is 12.0 Å². The van der Waals surface area contributed by atoms with Gasteiger partial charge in [-0.05, 0) is 54.8 Å². The Bertz CT molecular complexity index is 369. The van der Waals surface area contributed by atoms with E-state index in [0.29, 0.717) is 11.3 Å². The maximum atomic E-state index is 6.09. The molecule has 1 N–H and O–H groups in total. The highest BCUT2D eigenvalue weighted by Crippen LogP contribution is 2.31. The fraction of sp³-hybridized carbons (Fsp3) is 0.647. The molecule has 0 aliphatic heterocycles. The van der Waals surface area contributed by atoms with Crippen LogP contribution in [-0.2, 0) is 6.42 Å². The highest BCUT2D eigenvalue weighted by Gasteiger charge is 2.26. The molecule has 0 unspecified atom stereocenters. The monoisotopic (exact) mass is 281 g/mol. The van der Waals surface area contributed by atoms with Crippen LogP contribution < -0.4 is 5.32 Å². The van der Waals surface area contributed by atoms with Crippen LogP contribution in [0.15, 0.2) is 24.3 Å². The first-order chi connectivity index (χ1) is 9.01. The van der Waals surface area contributed by atoms with Gasteiger partial charge in [-0.3, -0.25) is 0 Å². The lowest BCUT2D eigenvalue weighted by Crippen LogP contribution is -2.37. The number of hydrogen-bond acceptors (Lipinski definition) is 1. The molecule has 0 heterocycles. The van der Waals surface area contributed by atoms with Crippen LogP contribution in [0, 0.1) is 11.3 Å². The van der Waals surface area contributed by atoms with Gasteiger partial charge in [0.25, 0.3) is 0 Å². The fourth-order valence-electron chi connectivity index (χ4n) is 2.52. The Morgan fingerprint density at radius 3 is 2.42 bits per heavy atom. The van der Waals surface area contributed by atoms with Gasteiger partial charge < -0.3 is 5.32 Å². The molecule has 1 rings (SSSR count). The summed E-state index contributed by atoms with van der Waals surface area (Å²) in [6.45, 7) is 11.3. The second-order valence-electron chi connectivity index (χ2n) is 6.04. The average Bonchev–Trinajstić information content (AvgIpc) is 2.37. The van der Waals surface area contributed by atoms with Crippen LogP contribution in [0.2, 0.25) is 5.02 Å². The Kier molecular flexibility index (Phi) is 6.88. The van der Waals surface area contributed by atoms with E-state index in [4.69, 9.17) is 11.6 Å². The van der Waals surface area contributed by atoms with Crippen molar-refractivity contribution in [2.45, 2.75) is 47.0 Å². The quantitative estimate of drug-likeness (QED) is 0.712. The predicted octanol–water partition coefficient (Wildman–Crippen LogP) is 4.93. The summed E-state index contributed by atoms with van der Waals surface area (Å²) >= 11 is 6.09. The summed E-state index contributed by atoms with van der Waals surface area (Å²) in [6, 6.07) is 8.29. The van der Waals surface area contributed by atoms with Crippen LogP contribution in [0.5, 0.6) is 0 Å². The van der Waals surface area contributed by atoms with Crippen LogP contribution in [0.4, 0.5) is 0 Å². The minimum absolute atomic E-state index is 0.347. The van der Waals surface area contributed by atoms with E-state index in [2.05, 4.69) is 51.2 Å². The maximum Gasteiger partial charge on any atom is 0.0408 e. The van der Waals surface area contributed by atoms with E-state index in [1.165, 1.54) is 18.4 Å². The molecule has 0 fully saturated rings. The molecule has 0 bridgehead atoms. The second-order valence-corrected chi connectivity index (χ2v) is 6.47. The van der Waals surface area contributed by atoms with Gasteiger partial charge in [0.2, 0.25) is 0 Å². The molecule has 0 spiro atoms. The molecule has 1 nitrogen and oxygen atoms in total. The van der Waals surface area contributed by atoms with E-state index >= 15 is 0 Å². The zero-order valence-electron chi connectivity index (χ0n) is 12.8. The number of nitrogens with one attached hydrogen (secondary N) is 1. The van der Waals surface area contributed by atoms with Gasteiger partial charge in [0, 0.05) is 11.6 Å². The van der Waals surface area contributed by atoms with Gasteiger partial charge in [0.15, 0.2) is 0 Å². The van der Waals surface area contributed by atoms with Gasteiger partial charge in [-0.25, -0.2) is 0 Å². The first-order valence-electron chi connectivity index (χ1n) is 7.46. The molecule has 19 heavy (non-hydrogen) atoms. The van der Waals surface area contributed by atoms with Crippen LogP contribution in [0.1, 0.15) is 46.1 Å². The normalized spacial score (nSPS) is 12.1. The third-order valence-electron chi connectivity index (χ3n) is 4.02. The Morgan fingerprint density at radius 2 is 1.89 bits per heavy atom. The SMILES string of the molecule is CCC(CC)(CNCC(C)C)Cc1cccc(Cl)c1. The van der Waals surface area contributed by atoms with Crippen molar-refractivity contribution >= 4 is 11.6 Å². The summed E-state index contributed by atoms with van der Waals surface area (Å²) in [5.74, 6) is 0.706. The van der Waals surface area contributed by atoms with E-state index in [0.717, 1.165) is 24.5 Å². The average molecular weight is 282 g/mol. The zero-order valence-corrected chi connectivity index (χ0v) is 13.6. The molecule has 0 atom stereocenters. The molecule has 0 radical (unpaired) electrons. The predicted molar refractivity (Wildman–Crippen MR) is 85.9 cm³/mol. The van der Waals surface area contributed by atoms with Crippen molar-refractivity contribution < 1.29 is 0 Å². The number of rotatable bonds is 8.